The number of hydrogen-bond acceptors (Lipinski definition) is 3. The van der Waals surface area contributed by atoms with Crippen LogP contribution in [-0.4, -0.2) is 29.7 Å². The minimum atomic E-state index is -1.06. The molecule has 2 aromatic rings. The summed E-state index contributed by atoms with van der Waals surface area (Å²) in [7, 11) is 0.755. The molecule has 0 fully saturated rings. The van der Waals surface area contributed by atoms with Gasteiger partial charge in [0.05, 0.1) is 16.4 Å². The van der Waals surface area contributed by atoms with E-state index >= 15 is 0 Å². The second kappa shape index (κ2) is 7.86. The van der Waals surface area contributed by atoms with Gasteiger partial charge in [0.15, 0.2) is 0 Å². The fourth-order valence-electron chi connectivity index (χ4n) is 1.98. The highest BCUT2D eigenvalue weighted by Crippen LogP contribution is 2.33. The van der Waals surface area contributed by atoms with Crippen LogP contribution in [-0.2, 0) is 10.8 Å². The highest BCUT2D eigenvalue weighted by Gasteiger charge is 2.12. The Hall–Kier alpha value is -1.50. The smallest absolute Gasteiger partial charge is 0.200 e. The van der Waals surface area contributed by atoms with Crippen LogP contribution in [0.2, 0.25) is 5.02 Å². The summed E-state index contributed by atoms with van der Waals surface area (Å²) in [6.45, 7) is 0. The van der Waals surface area contributed by atoms with Crippen LogP contribution < -0.4 is 10.6 Å². The maximum absolute atomic E-state index is 11.6. The molecule has 2 rings (SSSR count). The summed E-state index contributed by atoms with van der Waals surface area (Å²) in [5.41, 5.74) is 7.54. The SMILES string of the molecule is CSc1cccc(N(C)C(N)=Nc2cccc([S@@](C)=O)c2)c1Cl. The standard InChI is InChI=1S/C16H18ClN3OS2/c1-20(13-8-5-9-14(22-2)15(13)17)16(18)19-11-6-4-7-12(10-11)23(3)21/h4-10H,1-3H3,(H2,18,19)/t23-/m1/s1. The zero-order chi connectivity index (χ0) is 17.0. The average Bonchev–Trinajstić information content (AvgIpc) is 2.54. The molecule has 0 aliphatic rings. The molecule has 0 spiro atoms. The van der Waals surface area contributed by atoms with Gasteiger partial charge in [-0.05, 0) is 36.6 Å². The predicted octanol–water partition coefficient (Wildman–Crippen LogP) is 3.88. The molecule has 0 saturated heterocycles. The minimum absolute atomic E-state index is 0.309. The monoisotopic (exact) mass is 367 g/mol. The van der Waals surface area contributed by atoms with Crippen LogP contribution in [0.25, 0.3) is 0 Å². The fourth-order valence-corrected chi connectivity index (χ4v) is 3.52. The second-order valence-electron chi connectivity index (χ2n) is 4.77. The topological polar surface area (TPSA) is 58.7 Å². The lowest BCUT2D eigenvalue weighted by atomic mass is 10.3. The molecular formula is C16H18ClN3OS2. The number of rotatable bonds is 4. The molecule has 0 saturated carbocycles. The van der Waals surface area contributed by atoms with Gasteiger partial charge in [0.2, 0.25) is 5.96 Å². The van der Waals surface area contributed by atoms with Gasteiger partial charge in [0.25, 0.3) is 0 Å². The summed E-state index contributed by atoms with van der Waals surface area (Å²) in [6.07, 6.45) is 3.60. The van der Waals surface area contributed by atoms with Crippen LogP contribution in [0.15, 0.2) is 57.2 Å². The predicted molar refractivity (Wildman–Crippen MR) is 102 cm³/mol. The molecule has 0 radical (unpaired) electrons. The summed E-state index contributed by atoms with van der Waals surface area (Å²) in [4.78, 5) is 7.82. The van der Waals surface area contributed by atoms with Crippen molar-refractivity contribution in [3.8, 4) is 0 Å². The van der Waals surface area contributed by atoms with Gasteiger partial charge in [-0.15, -0.1) is 11.8 Å². The molecule has 4 nitrogen and oxygen atoms in total. The largest absolute Gasteiger partial charge is 0.369 e. The number of halogens is 1. The molecule has 0 heterocycles. The van der Waals surface area contributed by atoms with Crippen molar-refractivity contribution in [2.45, 2.75) is 9.79 Å². The lowest BCUT2D eigenvalue weighted by molar-refractivity contribution is 0.687. The summed E-state index contributed by atoms with van der Waals surface area (Å²) in [6, 6.07) is 13.0. The van der Waals surface area contributed by atoms with E-state index in [9.17, 15) is 4.21 Å². The highest BCUT2D eigenvalue weighted by atomic mass is 35.5. The Morgan fingerprint density at radius 2 is 2.00 bits per heavy atom. The van der Waals surface area contributed by atoms with Crippen LogP contribution in [0.3, 0.4) is 0 Å². The third kappa shape index (κ3) is 4.28. The molecule has 2 N–H and O–H groups in total. The zero-order valence-corrected chi connectivity index (χ0v) is 15.5. The Morgan fingerprint density at radius 3 is 2.65 bits per heavy atom. The summed E-state index contributed by atoms with van der Waals surface area (Å²) < 4.78 is 11.6. The number of hydrogen-bond donors (Lipinski definition) is 1. The van der Waals surface area contributed by atoms with Crippen molar-refractivity contribution in [2.24, 2.45) is 10.7 Å². The average molecular weight is 368 g/mol. The molecule has 0 aromatic heterocycles. The van der Waals surface area contributed by atoms with Crippen molar-refractivity contribution in [3.05, 3.63) is 47.5 Å². The zero-order valence-electron chi connectivity index (χ0n) is 13.1. The molecule has 2 aromatic carbocycles. The van der Waals surface area contributed by atoms with E-state index < -0.39 is 10.8 Å². The van der Waals surface area contributed by atoms with Crippen LogP contribution in [0.4, 0.5) is 11.4 Å². The van der Waals surface area contributed by atoms with Crippen LogP contribution in [0.5, 0.6) is 0 Å². The lowest BCUT2D eigenvalue weighted by Crippen LogP contribution is -2.33. The Kier molecular flexibility index (Phi) is 6.10. The Bertz CT molecular complexity index is 765. The molecule has 7 heteroatoms. The van der Waals surface area contributed by atoms with Gasteiger partial charge >= 0.3 is 0 Å². The van der Waals surface area contributed by atoms with Crippen molar-refractivity contribution in [3.63, 3.8) is 0 Å². The first-order valence-electron chi connectivity index (χ1n) is 6.78. The second-order valence-corrected chi connectivity index (χ2v) is 7.38. The molecule has 0 aliphatic carbocycles. The van der Waals surface area contributed by atoms with E-state index in [1.165, 1.54) is 0 Å². The fraction of sp³-hybridized carbons (Fsp3) is 0.188. The van der Waals surface area contributed by atoms with E-state index in [1.54, 1.807) is 35.1 Å². The van der Waals surface area contributed by atoms with Crippen LogP contribution in [0, 0.1) is 0 Å². The number of nitrogens with two attached hydrogens (primary N) is 1. The first-order valence-corrected chi connectivity index (χ1v) is 9.94. The van der Waals surface area contributed by atoms with Gasteiger partial charge in [-0.25, -0.2) is 4.99 Å². The molecule has 122 valence electrons. The van der Waals surface area contributed by atoms with Crippen molar-refractivity contribution < 1.29 is 4.21 Å². The summed E-state index contributed by atoms with van der Waals surface area (Å²) in [5.74, 6) is 0.309. The van der Waals surface area contributed by atoms with Crippen molar-refractivity contribution in [1.82, 2.24) is 0 Å². The molecule has 1 atom stereocenters. The molecule has 0 unspecified atom stereocenters. The van der Waals surface area contributed by atoms with Gasteiger partial charge in [-0.3, -0.25) is 4.21 Å². The third-order valence-corrected chi connectivity index (χ3v) is 5.47. The number of anilines is 1. The van der Waals surface area contributed by atoms with Gasteiger partial charge in [0, 0.05) is 33.9 Å². The minimum Gasteiger partial charge on any atom is -0.369 e. The summed E-state index contributed by atoms with van der Waals surface area (Å²) >= 11 is 7.98. The first-order chi connectivity index (χ1) is 10.9. The van der Waals surface area contributed by atoms with E-state index in [4.69, 9.17) is 17.3 Å². The number of guanidine groups is 1. The van der Waals surface area contributed by atoms with Gasteiger partial charge in [-0.1, -0.05) is 23.7 Å². The van der Waals surface area contributed by atoms with Crippen LogP contribution >= 0.6 is 23.4 Å². The Labute approximate surface area is 148 Å². The van der Waals surface area contributed by atoms with Gasteiger partial charge < -0.3 is 10.6 Å². The van der Waals surface area contributed by atoms with Crippen LogP contribution in [0.1, 0.15) is 0 Å². The number of benzene rings is 2. The lowest BCUT2D eigenvalue weighted by Gasteiger charge is -2.20. The van der Waals surface area contributed by atoms with E-state index in [-0.39, 0.29) is 0 Å². The summed E-state index contributed by atoms with van der Waals surface area (Å²) in [5, 5.41) is 0.643. The van der Waals surface area contributed by atoms with Gasteiger partial charge in [-0.2, -0.15) is 0 Å². The van der Waals surface area contributed by atoms with Gasteiger partial charge in [0.1, 0.15) is 0 Å². The van der Waals surface area contributed by atoms with E-state index in [1.807, 2.05) is 43.6 Å². The van der Waals surface area contributed by atoms with E-state index in [2.05, 4.69) is 4.99 Å². The Morgan fingerprint density at radius 1 is 1.30 bits per heavy atom. The molecule has 0 amide bonds. The number of nitrogens with zero attached hydrogens (tertiary/aromatic N) is 2. The molecule has 0 aliphatic heterocycles. The highest BCUT2D eigenvalue weighted by molar-refractivity contribution is 7.98. The van der Waals surface area contributed by atoms with E-state index in [0.29, 0.717) is 21.6 Å². The third-order valence-electron chi connectivity index (χ3n) is 3.26. The number of aliphatic imine (C=N–C) groups is 1. The maximum Gasteiger partial charge on any atom is 0.200 e. The quantitative estimate of drug-likeness (QED) is 0.506. The van der Waals surface area contributed by atoms with Crippen molar-refractivity contribution in [1.29, 1.82) is 0 Å². The Balaban J connectivity index is 2.34. The molecule has 0 bridgehead atoms. The van der Waals surface area contributed by atoms with E-state index in [0.717, 1.165) is 10.6 Å². The van der Waals surface area contributed by atoms with Crippen molar-refractivity contribution >= 4 is 51.5 Å². The van der Waals surface area contributed by atoms with Crippen molar-refractivity contribution in [2.75, 3.05) is 24.5 Å². The molecule has 23 heavy (non-hydrogen) atoms. The normalized spacial score (nSPS) is 13.0. The maximum atomic E-state index is 11.6. The molecular weight excluding hydrogens is 350 g/mol. The first kappa shape index (κ1) is 17.8. The number of thioether (sulfide) groups is 1.